The molecule has 2 saturated heterocycles. The summed E-state index contributed by atoms with van der Waals surface area (Å²) in [5.74, 6) is -0.137. The van der Waals surface area contributed by atoms with Crippen LogP contribution >= 0.6 is 11.8 Å². The maximum atomic E-state index is 13.2. The van der Waals surface area contributed by atoms with Crippen molar-refractivity contribution < 1.29 is 19.1 Å². The van der Waals surface area contributed by atoms with E-state index in [4.69, 9.17) is 9.47 Å². The highest BCUT2D eigenvalue weighted by molar-refractivity contribution is 8.00. The molecule has 0 radical (unpaired) electrons. The number of amides is 2. The molecule has 2 amide bonds. The Kier molecular flexibility index (Phi) is 8.99. The number of carbonyl (C=O) groups excluding carboxylic acids is 2. The van der Waals surface area contributed by atoms with E-state index in [1.165, 1.54) is 0 Å². The molecule has 3 atom stereocenters. The van der Waals surface area contributed by atoms with Gasteiger partial charge in [0.2, 0.25) is 11.8 Å². The Hall–Kier alpha value is -1.83. The van der Waals surface area contributed by atoms with Gasteiger partial charge in [-0.3, -0.25) is 9.59 Å². The van der Waals surface area contributed by atoms with E-state index in [2.05, 4.69) is 18.7 Å². The highest BCUT2D eigenvalue weighted by Crippen LogP contribution is 2.36. The zero-order valence-electron chi connectivity index (χ0n) is 18.6. The second-order valence-electron chi connectivity index (χ2n) is 8.28. The lowest BCUT2D eigenvalue weighted by Crippen LogP contribution is -2.46. The monoisotopic (exact) mass is 446 g/mol. The van der Waals surface area contributed by atoms with Gasteiger partial charge in [0.1, 0.15) is 0 Å². The van der Waals surface area contributed by atoms with Crippen molar-refractivity contribution in [3.63, 3.8) is 0 Å². The summed E-state index contributed by atoms with van der Waals surface area (Å²) in [5, 5.41) is -0.0994. The molecule has 0 N–H and O–H groups in total. The van der Waals surface area contributed by atoms with E-state index in [0.29, 0.717) is 59.0 Å². The molecular formula is C24H34N2O4S. The van der Waals surface area contributed by atoms with E-state index in [0.717, 1.165) is 10.5 Å². The molecule has 31 heavy (non-hydrogen) atoms. The summed E-state index contributed by atoms with van der Waals surface area (Å²) in [4.78, 5) is 31.0. The molecule has 0 aliphatic carbocycles. The summed E-state index contributed by atoms with van der Waals surface area (Å²) < 4.78 is 10.8. The Labute approximate surface area is 189 Å². The van der Waals surface area contributed by atoms with Gasteiger partial charge in [-0.15, -0.1) is 11.8 Å². The minimum Gasteiger partial charge on any atom is -0.378 e. The fourth-order valence-electron chi connectivity index (χ4n) is 4.08. The molecule has 2 heterocycles. The van der Waals surface area contributed by atoms with E-state index in [9.17, 15) is 9.59 Å². The van der Waals surface area contributed by atoms with Gasteiger partial charge in [0.25, 0.3) is 0 Å². The highest BCUT2D eigenvalue weighted by Gasteiger charge is 2.33. The summed E-state index contributed by atoms with van der Waals surface area (Å²) >= 11 is 1.66. The van der Waals surface area contributed by atoms with Crippen LogP contribution in [-0.4, -0.2) is 79.5 Å². The molecule has 1 aromatic carbocycles. The quantitative estimate of drug-likeness (QED) is 0.454. The summed E-state index contributed by atoms with van der Waals surface area (Å²) in [6.07, 6.45) is 0.571. The molecule has 2 aliphatic rings. The third kappa shape index (κ3) is 6.57. The SMILES string of the molecule is C=C(C[C@@H](C)C(=O)N1CCOCC1)[C@H](Sc1ccccc1)[C@@H](C)C(=O)N1CCOCC1. The Morgan fingerprint density at radius 2 is 1.45 bits per heavy atom. The summed E-state index contributed by atoms with van der Waals surface area (Å²) in [7, 11) is 0. The fourth-order valence-corrected chi connectivity index (χ4v) is 5.27. The second-order valence-corrected chi connectivity index (χ2v) is 9.49. The Bertz CT molecular complexity index is 745. The standard InChI is InChI=1S/C24H34N2O4S/c1-18(17-19(2)23(27)25-9-13-29-14-10-25)22(31-21-7-5-4-6-8-21)20(3)24(28)26-11-15-30-16-12-26/h4-8,19-20,22H,1,9-17H2,2-3H3/t19-,20-,22+/m1/s1. The first-order valence-electron chi connectivity index (χ1n) is 11.1. The number of benzene rings is 1. The van der Waals surface area contributed by atoms with Crippen LogP contribution in [0.4, 0.5) is 0 Å². The molecule has 2 fully saturated rings. The molecule has 0 unspecified atom stereocenters. The average molecular weight is 447 g/mol. The minimum absolute atomic E-state index is 0.0994. The third-order valence-electron chi connectivity index (χ3n) is 5.89. The van der Waals surface area contributed by atoms with E-state index in [-0.39, 0.29) is 28.9 Å². The molecule has 7 heteroatoms. The van der Waals surface area contributed by atoms with Gasteiger partial charge in [0.15, 0.2) is 0 Å². The average Bonchev–Trinajstić information content (AvgIpc) is 2.82. The number of morpholine rings is 2. The molecule has 0 spiro atoms. The molecule has 1 aromatic rings. The molecular weight excluding hydrogens is 412 g/mol. The largest absolute Gasteiger partial charge is 0.378 e. The van der Waals surface area contributed by atoms with Gasteiger partial charge in [-0.2, -0.15) is 0 Å². The number of hydrogen-bond donors (Lipinski definition) is 0. The van der Waals surface area contributed by atoms with E-state index < -0.39 is 0 Å². The number of rotatable bonds is 8. The van der Waals surface area contributed by atoms with Crippen LogP contribution in [0.2, 0.25) is 0 Å². The molecule has 0 saturated carbocycles. The number of hydrogen-bond acceptors (Lipinski definition) is 5. The molecule has 3 rings (SSSR count). The summed E-state index contributed by atoms with van der Waals surface area (Å²) in [6.45, 7) is 13.2. The van der Waals surface area contributed by atoms with Crippen LogP contribution in [0.25, 0.3) is 0 Å². The molecule has 0 bridgehead atoms. The van der Waals surface area contributed by atoms with Crippen molar-refractivity contribution in [1.29, 1.82) is 0 Å². The zero-order valence-corrected chi connectivity index (χ0v) is 19.4. The third-order valence-corrected chi connectivity index (χ3v) is 7.43. The van der Waals surface area contributed by atoms with E-state index >= 15 is 0 Å². The molecule has 170 valence electrons. The zero-order chi connectivity index (χ0) is 22.2. The lowest BCUT2D eigenvalue weighted by Gasteiger charge is -2.34. The van der Waals surface area contributed by atoms with Crippen LogP contribution in [0, 0.1) is 11.8 Å². The first-order valence-corrected chi connectivity index (χ1v) is 12.0. The van der Waals surface area contributed by atoms with Crippen molar-refractivity contribution in [1.82, 2.24) is 9.80 Å². The van der Waals surface area contributed by atoms with Crippen LogP contribution in [0.15, 0.2) is 47.4 Å². The first-order chi connectivity index (χ1) is 15.0. The van der Waals surface area contributed by atoms with E-state index in [1.807, 2.05) is 41.8 Å². The van der Waals surface area contributed by atoms with Crippen LogP contribution in [0.5, 0.6) is 0 Å². The van der Waals surface area contributed by atoms with Crippen molar-refractivity contribution in [2.75, 3.05) is 52.6 Å². The minimum atomic E-state index is -0.235. The predicted molar refractivity (Wildman–Crippen MR) is 123 cm³/mol. The van der Waals surface area contributed by atoms with Gasteiger partial charge in [-0.25, -0.2) is 0 Å². The lowest BCUT2D eigenvalue weighted by molar-refractivity contribution is -0.139. The topological polar surface area (TPSA) is 59.1 Å². The van der Waals surface area contributed by atoms with Crippen molar-refractivity contribution in [2.45, 2.75) is 30.4 Å². The van der Waals surface area contributed by atoms with Gasteiger partial charge in [-0.05, 0) is 18.6 Å². The summed E-state index contributed by atoms with van der Waals surface area (Å²) in [6, 6.07) is 10.1. The maximum absolute atomic E-state index is 13.2. The second kappa shape index (κ2) is 11.7. The Balaban J connectivity index is 1.70. The van der Waals surface area contributed by atoms with Gasteiger partial charge >= 0.3 is 0 Å². The van der Waals surface area contributed by atoms with Gasteiger partial charge < -0.3 is 19.3 Å². The van der Waals surface area contributed by atoms with Crippen molar-refractivity contribution >= 4 is 23.6 Å². The number of ether oxygens (including phenoxy) is 2. The van der Waals surface area contributed by atoms with Gasteiger partial charge in [-0.1, -0.05) is 44.2 Å². The predicted octanol–water partition coefficient (Wildman–Crippen LogP) is 3.08. The molecule has 6 nitrogen and oxygen atoms in total. The maximum Gasteiger partial charge on any atom is 0.227 e. The Morgan fingerprint density at radius 3 is 2.00 bits per heavy atom. The van der Waals surface area contributed by atoms with Crippen LogP contribution in [0.1, 0.15) is 20.3 Å². The van der Waals surface area contributed by atoms with E-state index in [1.54, 1.807) is 11.8 Å². The number of thioether (sulfide) groups is 1. The van der Waals surface area contributed by atoms with Crippen molar-refractivity contribution in [3.8, 4) is 0 Å². The Morgan fingerprint density at radius 1 is 0.935 bits per heavy atom. The number of carbonyl (C=O) groups is 2. The molecule has 2 aliphatic heterocycles. The fraction of sp³-hybridized carbons (Fsp3) is 0.583. The highest BCUT2D eigenvalue weighted by atomic mass is 32.2. The summed E-state index contributed by atoms with van der Waals surface area (Å²) in [5.41, 5.74) is 0.942. The normalized spacial score (nSPS) is 20.1. The number of nitrogens with zero attached hydrogens (tertiary/aromatic N) is 2. The lowest BCUT2D eigenvalue weighted by atomic mass is 9.92. The first kappa shape index (κ1) is 23.8. The van der Waals surface area contributed by atoms with Crippen molar-refractivity contribution in [2.24, 2.45) is 11.8 Å². The van der Waals surface area contributed by atoms with Crippen LogP contribution < -0.4 is 0 Å². The van der Waals surface area contributed by atoms with Crippen LogP contribution in [0.3, 0.4) is 0 Å². The molecule has 0 aromatic heterocycles. The van der Waals surface area contributed by atoms with Gasteiger partial charge in [0.05, 0.1) is 32.3 Å². The van der Waals surface area contributed by atoms with Gasteiger partial charge in [0, 0.05) is 42.2 Å². The smallest absolute Gasteiger partial charge is 0.227 e. The van der Waals surface area contributed by atoms with Crippen molar-refractivity contribution in [3.05, 3.63) is 42.5 Å². The van der Waals surface area contributed by atoms with Crippen LogP contribution in [-0.2, 0) is 19.1 Å².